The van der Waals surface area contributed by atoms with Crippen LogP contribution in [0, 0.1) is 11.6 Å². The van der Waals surface area contributed by atoms with Gasteiger partial charge in [-0.25, -0.2) is 9.50 Å². The molecule has 0 bridgehead atoms. The molecule has 1 aliphatic heterocycles. The molecule has 4 nitrogen and oxygen atoms in total. The van der Waals surface area contributed by atoms with E-state index in [0.717, 1.165) is 38.4 Å². The van der Waals surface area contributed by atoms with E-state index < -0.39 is 0 Å². The van der Waals surface area contributed by atoms with Gasteiger partial charge in [0, 0.05) is 16.8 Å². The molecule has 2 aromatic heterocycles. The summed E-state index contributed by atoms with van der Waals surface area (Å²) >= 11 is 5.55. The highest BCUT2D eigenvalue weighted by molar-refractivity contribution is 7.71. The van der Waals surface area contributed by atoms with Crippen molar-refractivity contribution in [3.05, 3.63) is 51.9 Å². The molecule has 1 aliphatic rings. The molecule has 0 aliphatic carbocycles. The second-order valence-electron chi connectivity index (χ2n) is 4.97. The van der Waals surface area contributed by atoms with E-state index in [9.17, 15) is 0 Å². The Hall–Kier alpha value is -1.98. The van der Waals surface area contributed by atoms with Crippen molar-refractivity contribution in [3.8, 4) is 11.1 Å². The predicted molar refractivity (Wildman–Crippen MR) is 79.0 cm³/mol. The molecule has 20 heavy (non-hydrogen) atoms. The lowest BCUT2D eigenvalue weighted by molar-refractivity contribution is 0.133. The van der Waals surface area contributed by atoms with E-state index in [1.165, 1.54) is 0 Å². The van der Waals surface area contributed by atoms with Crippen LogP contribution in [0.15, 0.2) is 30.3 Å². The van der Waals surface area contributed by atoms with Crippen LogP contribution >= 0.6 is 12.2 Å². The number of aromatic amines is 1. The summed E-state index contributed by atoms with van der Waals surface area (Å²) in [6.45, 7) is 3.16. The number of H-pyrrole nitrogens is 1. The van der Waals surface area contributed by atoms with Crippen molar-refractivity contribution in [2.75, 3.05) is 0 Å². The first-order valence-electron chi connectivity index (χ1n) is 6.52. The van der Waals surface area contributed by atoms with Gasteiger partial charge in [-0.2, -0.15) is 0 Å². The minimum Gasteiger partial charge on any atom is -0.370 e. The van der Waals surface area contributed by atoms with Gasteiger partial charge in [-0.1, -0.05) is 42.5 Å². The van der Waals surface area contributed by atoms with Gasteiger partial charge < -0.3 is 4.74 Å². The number of nitrogens with one attached hydrogen (secondary N) is 1. The number of ether oxygens (including phenoxy) is 1. The molecule has 0 fully saturated rings. The van der Waals surface area contributed by atoms with Crippen molar-refractivity contribution in [2.24, 2.45) is 0 Å². The van der Waals surface area contributed by atoms with Gasteiger partial charge in [-0.15, -0.1) is 0 Å². The zero-order chi connectivity index (χ0) is 13.7. The van der Waals surface area contributed by atoms with Crippen molar-refractivity contribution in [1.82, 2.24) is 14.6 Å². The summed E-state index contributed by atoms with van der Waals surface area (Å²) in [5.41, 5.74) is 6.18. The van der Waals surface area contributed by atoms with Crippen molar-refractivity contribution in [2.45, 2.75) is 20.1 Å². The van der Waals surface area contributed by atoms with E-state index >= 15 is 0 Å². The van der Waals surface area contributed by atoms with Gasteiger partial charge in [0.1, 0.15) is 4.64 Å². The second-order valence-corrected chi connectivity index (χ2v) is 5.36. The number of fused-ring (bicyclic) bond motifs is 2. The molecular weight excluding hydrogens is 270 g/mol. The SMILES string of the molecule is Cc1[nH]n2c(=S)c3c(nc2c1-c1ccccc1)COC3. The van der Waals surface area contributed by atoms with Crippen molar-refractivity contribution >= 4 is 17.9 Å². The molecule has 0 unspecified atom stereocenters. The largest absolute Gasteiger partial charge is 0.370 e. The molecule has 0 saturated carbocycles. The van der Waals surface area contributed by atoms with Crippen LogP contribution in [0.1, 0.15) is 17.0 Å². The maximum atomic E-state index is 5.55. The lowest BCUT2D eigenvalue weighted by atomic mass is 10.1. The Morgan fingerprint density at radius 2 is 2.05 bits per heavy atom. The molecule has 4 rings (SSSR count). The highest BCUT2D eigenvalue weighted by Crippen LogP contribution is 2.29. The number of nitrogens with zero attached hydrogens (tertiary/aromatic N) is 2. The zero-order valence-corrected chi connectivity index (χ0v) is 11.8. The Labute approximate surface area is 121 Å². The first-order valence-corrected chi connectivity index (χ1v) is 6.93. The van der Waals surface area contributed by atoms with E-state index in [-0.39, 0.29) is 0 Å². The third kappa shape index (κ3) is 1.57. The fraction of sp³-hybridized carbons (Fsp3) is 0.200. The molecule has 0 atom stereocenters. The first kappa shape index (κ1) is 11.8. The topological polar surface area (TPSA) is 42.3 Å². The van der Waals surface area contributed by atoms with Crippen molar-refractivity contribution in [1.29, 1.82) is 0 Å². The summed E-state index contributed by atoms with van der Waals surface area (Å²) in [5, 5.41) is 3.32. The molecule has 3 heterocycles. The average Bonchev–Trinajstić information content (AvgIpc) is 3.04. The van der Waals surface area contributed by atoms with Crippen LogP contribution < -0.4 is 0 Å². The van der Waals surface area contributed by atoms with Gasteiger partial charge in [0.15, 0.2) is 5.65 Å². The number of benzene rings is 1. The number of hydrogen-bond donors (Lipinski definition) is 1. The Morgan fingerprint density at radius 3 is 2.85 bits per heavy atom. The molecule has 0 saturated heterocycles. The lowest BCUT2D eigenvalue weighted by Gasteiger charge is -2.02. The fourth-order valence-electron chi connectivity index (χ4n) is 2.73. The average molecular weight is 283 g/mol. The van der Waals surface area contributed by atoms with E-state index in [4.69, 9.17) is 21.9 Å². The summed E-state index contributed by atoms with van der Waals surface area (Å²) in [6, 6.07) is 10.3. The van der Waals surface area contributed by atoms with Gasteiger partial charge in [0.2, 0.25) is 0 Å². The highest BCUT2D eigenvalue weighted by Gasteiger charge is 2.20. The third-order valence-corrected chi connectivity index (χ3v) is 4.12. The number of aryl methyl sites for hydroxylation is 1. The van der Waals surface area contributed by atoms with Crippen LogP contribution in [0.3, 0.4) is 0 Å². The predicted octanol–water partition coefficient (Wildman–Crippen LogP) is 3.40. The Bertz CT molecular complexity index is 864. The van der Waals surface area contributed by atoms with Gasteiger partial charge in [0.05, 0.1) is 18.9 Å². The summed E-state index contributed by atoms with van der Waals surface area (Å²) in [4.78, 5) is 4.75. The standard InChI is InChI=1S/C15H13N3OS/c1-9-13(10-5-3-2-4-6-10)14-16-12-8-19-7-11(12)15(20)18(14)17-9/h2-6,17H,7-8H2,1H3. The van der Waals surface area contributed by atoms with Gasteiger partial charge >= 0.3 is 0 Å². The summed E-state index contributed by atoms with van der Waals surface area (Å²) in [7, 11) is 0. The molecule has 1 N–H and O–H groups in total. The zero-order valence-electron chi connectivity index (χ0n) is 11.0. The van der Waals surface area contributed by atoms with Crippen LogP contribution in [0.5, 0.6) is 0 Å². The van der Waals surface area contributed by atoms with E-state index in [1.54, 1.807) is 0 Å². The molecule has 3 aromatic rings. The maximum absolute atomic E-state index is 5.55. The first-order chi connectivity index (χ1) is 9.75. The van der Waals surface area contributed by atoms with Gasteiger partial charge in [0.25, 0.3) is 0 Å². The van der Waals surface area contributed by atoms with Gasteiger partial charge in [-0.3, -0.25) is 5.10 Å². The van der Waals surface area contributed by atoms with Crippen LogP contribution in [0.25, 0.3) is 16.8 Å². The van der Waals surface area contributed by atoms with Gasteiger partial charge in [-0.05, 0) is 12.5 Å². The second kappa shape index (κ2) is 4.26. The molecule has 0 spiro atoms. The van der Waals surface area contributed by atoms with E-state index in [2.05, 4.69) is 17.2 Å². The monoisotopic (exact) mass is 283 g/mol. The minimum atomic E-state index is 0.550. The Kier molecular flexibility index (Phi) is 2.52. The van der Waals surface area contributed by atoms with Crippen LogP contribution in [0.4, 0.5) is 0 Å². The van der Waals surface area contributed by atoms with Crippen LogP contribution in [-0.4, -0.2) is 14.6 Å². The summed E-state index contributed by atoms with van der Waals surface area (Å²) in [5.74, 6) is 0. The third-order valence-electron chi connectivity index (χ3n) is 3.69. The molecule has 1 aromatic carbocycles. The Balaban J connectivity index is 2.11. The lowest BCUT2D eigenvalue weighted by Crippen LogP contribution is -1.99. The quantitative estimate of drug-likeness (QED) is 0.696. The molecule has 0 radical (unpaired) electrons. The fourth-order valence-corrected chi connectivity index (χ4v) is 3.04. The number of aromatic nitrogens is 3. The normalized spacial score (nSPS) is 13.8. The minimum absolute atomic E-state index is 0.550. The summed E-state index contributed by atoms with van der Waals surface area (Å²) < 4.78 is 8.12. The Morgan fingerprint density at radius 1 is 1.25 bits per heavy atom. The molecule has 100 valence electrons. The van der Waals surface area contributed by atoms with Crippen molar-refractivity contribution < 1.29 is 4.74 Å². The molecule has 5 heteroatoms. The number of rotatable bonds is 1. The van der Waals surface area contributed by atoms with Crippen LogP contribution in [0.2, 0.25) is 0 Å². The molecule has 0 amide bonds. The van der Waals surface area contributed by atoms with E-state index in [0.29, 0.717) is 13.2 Å². The van der Waals surface area contributed by atoms with E-state index in [1.807, 2.05) is 29.6 Å². The highest BCUT2D eigenvalue weighted by atomic mass is 32.1. The van der Waals surface area contributed by atoms with Crippen molar-refractivity contribution in [3.63, 3.8) is 0 Å². The van der Waals surface area contributed by atoms with Crippen LogP contribution in [-0.2, 0) is 18.0 Å². The number of hydrogen-bond acceptors (Lipinski definition) is 3. The smallest absolute Gasteiger partial charge is 0.162 e. The maximum Gasteiger partial charge on any atom is 0.162 e. The summed E-state index contributed by atoms with van der Waals surface area (Å²) in [6.07, 6.45) is 0. The molecular formula is C15H13N3OS.